The number of rotatable bonds is 7. The van der Waals surface area contributed by atoms with E-state index >= 15 is 0 Å². The molecule has 3 heterocycles. The highest BCUT2D eigenvalue weighted by Crippen LogP contribution is 2.36. The molecule has 0 radical (unpaired) electrons. The van der Waals surface area contributed by atoms with Gasteiger partial charge in [-0.25, -0.2) is 9.97 Å². The number of anilines is 1. The Morgan fingerprint density at radius 1 is 1.12 bits per heavy atom. The van der Waals surface area contributed by atoms with Gasteiger partial charge in [0, 0.05) is 44.0 Å². The van der Waals surface area contributed by atoms with Crippen molar-refractivity contribution in [2.24, 2.45) is 5.73 Å². The SMILES string of the molecule is CN1CCN(CCCNc2ncc(Cl)c(-c3cc4ccc(CN)cc4s3)n2)CC1.Cl.Cl.Cl. The Morgan fingerprint density at radius 2 is 1.88 bits per heavy atom. The number of fused-ring (bicyclic) bond motifs is 1. The average Bonchev–Trinajstić information content (AvgIpc) is 3.16. The Hall–Kier alpha value is -0.900. The molecule has 1 aromatic carbocycles. The monoisotopic (exact) mass is 538 g/mol. The molecule has 11 heteroatoms. The van der Waals surface area contributed by atoms with Gasteiger partial charge in [-0.15, -0.1) is 48.6 Å². The lowest BCUT2D eigenvalue weighted by atomic mass is 10.1. The van der Waals surface area contributed by atoms with Gasteiger partial charge < -0.3 is 20.9 Å². The predicted octanol–water partition coefficient (Wildman–Crippen LogP) is 4.79. The fraction of sp³-hybridized carbons (Fsp3) is 0.429. The first-order valence-corrected chi connectivity index (χ1v) is 11.2. The van der Waals surface area contributed by atoms with Gasteiger partial charge in [0.25, 0.3) is 0 Å². The van der Waals surface area contributed by atoms with Crippen LogP contribution in [0.4, 0.5) is 5.95 Å². The Labute approximate surface area is 217 Å². The lowest BCUT2D eigenvalue weighted by Gasteiger charge is -2.32. The van der Waals surface area contributed by atoms with E-state index in [1.165, 1.54) is 10.1 Å². The van der Waals surface area contributed by atoms with Crippen molar-refractivity contribution >= 4 is 76.2 Å². The Kier molecular flexibility index (Phi) is 12.5. The van der Waals surface area contributed by atoms with Crippen molar-refractivity contribution in [3.05, 3.63) is 41.0 Å². The molecule has 6 nitrogen and oxygen atoms in total. The molecule has 1 aliphatic heterocycles. The number of likely N-dealkylation sites (N-methyl/N-ethyl adjacent to an activating group) is 1. The molecule has 178 valence electrons. The first-order chi connectivity index (χ1) is 14.1. The highest BCUT2D eigenvalue weighted by molar-refractivity contribution is 7.22. The molecule has 3 aromatic rings. The highest BCUT2D eigenvalue weighted by atomic mass is 35.5. The van der Waals surface area contributed by atoms with E-state index in [1.54, 1.807) is 17.5 Å². The second-order valence-corrected chi connectivity index (χ2v) is 8.99. The van der Waals surface area contributed by atoms with Crippen LogP contribution in [0.15, 0.2) is 30.5 Å². The third-order valence-electron chi connectivity index (χ3n) is 5.33. The highest BCUT2D eigenvalue weighted by Gasteiger charge is 2.14. The van der Waals surface area contributed by atoms with E-state index in [9.17, 15) is 0 Å². The van der Waals surface area contributed by atoms with E-state index in [2.05, 4.69) is 56.4 Å². The number of nitrogens with zero attached hydrogens (tertiary/aromatic N) is 4. The van der Waals surface area contributed by atoms with Crippen molar-refractivity contribution in [3.8, 4) is 10.6 Å². The van der Waals surface area contributed by atoms with Crippen LogP contribution in [-0.2, 0) is 6.54 Å². The molecule has 0 bridgehead atoms. The Balaban J connectivity index is 0.00000171. The van der Waals surface area contributed by atoms with Gasteiger partial charge in [-0.3, -0.25) is 0 Å². The summed E-state index contributed by atoms with van der Waals surface area (Å²) in [6, 6.07) is 8.43. The smallest absolute Gasteiger partial charge is 0.223 e. The van der Waals surface area contributed by atoms with Crippen LogP contribution in [0.1, 0.15) is 12.0 Å². The van der Waals surface area contributed by atoms with E-state index in [-0.39, 0.29) is 37.2 Å². The van der Waals surface area contributed by atoms with Crippen LogP contribution in [0.25, 0.3) is 20.7 Å². The molecule has 0 aliphatic carbocycles. The number of hydrogen-bond acceptors (Lipinski definition) is 7. The van der Waals surface area contributed by atoms with Crippen molar-refractivity contribution < 1.29 is 0 Å². The summed E-state index contributed by atoms with van der Waals surface area (Å²) >= 11 is 8.10. The number of nitrogens with two attached hydrogens (primary N) is 1. The summed E-state index contributed by atoms with van der Waals surface area (Å²) in [6.07, 6.45) is 2.75. The number of benzene rings is 1. The third-order valence-corrected chi connectivity index (χ3v) is 6.71. The van der Waals surface area contributed by atoms with E-state index in [0.717, 1.165) is 61.8 Å². The topological polar surface area (TPSA) is 70.3 Å². The van der Waals surface area contributed by atoms with Crippen LogP contribution >= 0.6 is 60.2 Å². The summed E-state index contributed by atoms with van der Waals surface area (Å²) in [5.41, 5.74) is 7.67. The van der Waals surface area contributed by atoms with Gasteiger partial charge in [-0.05, 0) is 43.1 Å². The van der Waals surface area contributed by atoms with Gasteiger partial charge in [0.15, 0.2) is 0 Å². The third kappa shape index (κ3) is 7.30. The Morgan fingerprint density at radius 3 is 2.59 bits per heavy atom. The summed E-state index contributed by atoms with van der Waals surface area (Å²) < 4.78 is 1.19. The molecule has 1 aliphatic rings. The molecule has 0 spiro atoms. The standard InChI is InChI=1S/C21H27ClN6S.3ClH/c1-27-7-9-28(10-8-27)6-2-5-24-21-25-14-17(22)20(26-21)19-12-16-4-3-15(13-23)11-18(16)29-19;;;/h3-4,11-12,14H,2,5-10,13,23H2,1H3,(H,24,25,26);3*1H. The van der Waals surface area contributed by atoms with Crippen molar-refractivity contribution in [2.45, 2.75) is 13.0 Å². The maximum atomic E-state index is 6.41. The van der Waals surface area contributed by atoms with Crippen LogP contribution in [0.3, 0.4) is 0 Å². The van der Waals surface area contributed by atoms with Crippen molar-refractivity contribution in [1.82, 2.24) is 19.8 Å². The van der Waals surface area contributed by atoms with Crippen LogP contribution in [0.2, 0.25) is 5.02 Å². The summed E-state index contributed by atoms with van der Waals surface area (Å²) in [5.74, 6) is 0.628. The second kappa shape index (κ2) is 13.7. The normalized spacial score (nSPS) is 14.3. The maximum absolute atomic E-state index is 6.41. The molecule has 2 aromatic heterocycles. The van der Waals surface area contributed by atoms with Crippen LogP contribution in [0.5, 0.6) is 0 Å². The van der Waals surface area contributed by atoms with Crippen molar-refractivity contribution in [3.63, 3.8) is 0 Å². The molecular weight excluding hydrogens is 510 g/mol. The molecule has 1 fully saturated rings. The molecule has 0 saturated carbocycles. The van der Waals surface area contributed by atoms with E-state index < -0.39 is 0 Å². The van der Waals surface area contributed by atoms with E-state index in [0.29, 0.717) is 17.5 Å². The van der Waals surface area contributed by atoms with Gasteiger partial charge in [0.05, 0.1) is 16.1 Å². The molecular formula is C21H30Cl4N6S. The first kappa shape index (κ1) is 29.1. The zero-order valence-corrected chi connectivity index (χ0v) is 21.9. The number of thiophene rings is 1. The van der Waals surface area contributed by atoms with E-state index in [1.807, 2.05) is 0 Å². The predicted molar refractivity (Wildman–Crippen MR) is 145 cm³/mol. The zero-order chi connectivity index (χ0) is 20.2. The lowest BCUT2D eigenvalue weighted by molar-refractivity contribution is 0.154. The van der Waals surface area contributed by atoms with Gasteiger partial charge in [0.1, 0.15) is 5.69 Å². The summed E-state index contributed by atoms with van der Waals surface area (Å²) in [6.45, 7) is 7.09. The average molecular weight is 540 g/mol. The molecule has 0 amide bonds. The number of aromatic nitrogens is 2. The molecule has 3 N–H and O–H groups in total. The number of halogens is 4. The molecule has 4 rings (SSSR count). The quantitative estimate of drug-likeness (QED) is 0.421. The van der Waals surface area contributed by atoms with E-state index in [4.69, 9.17) is 17.3 Å². The minimum Gasteiger partial charge on any atom is -0.354 e. The number of hydrogen-bond donors (Lipinski definition) is 2. The fourth-order valence-corrected chi connectivity index (χ4v) is 4.90. The second-order valence-electron chi connectivity index (χ2n) is 7.50. The zero-order valence-electron chi connectivity index (χ0n) is 17.9. The molecule has 0 atom stereocenters. The summed E-state index contributed by atoms with van der Waals surface area (Å²) in [4.78, 5) is 15.0. The van der Waals surface area contributed by atoms with Crippen molar-refractivity contribution in [2.75, 3.05) is 51.6 Å². The molecule has 32 heavy (non-hydrogen) atoms. The fourth-order valence-electron chi connectivity index (χ4n) is 3.52. The molecule has 1 saturated heterocycles. The van der Waals surface area contributed by atoms with Crippen molar-refractivity contribution in [1.29, 1.82) is 0 Å². The summed E-state index contributed by atoms with van der Waals surface area (Å²) in [5, 5.41) is 5.10. The minimum absolute atomic E-state index is 0. The van der Waals surface area contributed by atoms with Crippen LogP contribution in [-0.4, -0.2) is 66.1 Å². The number of nitrogens with one attached hydrogen (secondary N) is 1. The number of piperazine rings is 1. The lowest BCUT2D eigenvalue weighted by Crippen LogP contribution is -2.44. The largest absolute Gasteiger partial charge is 0.354 e. The molecule has 0 unspecified atom stereocenters. The maximum Gasteiger partial charge on any atom is 0.223 e. The van der Waals surface area contributed by atoms with Crippen LogP contribution < -0.4 is 11.1 Å². The van der Waals surface area contributed by atoms with Gasteiger partial charge in [-0.2, -0.15) is 0 Å². The van der Waals surface area contributed by atoms with Gasteiger partial charge in [-0.1, -0.05) is 23.7 Å². The Bertz CT molecular complexity index is 978. The van der Waals surface area contributed by atoms with Gasteiger partial charge >= 0.3 is 0 Å². The van der Waals surface area contributed by atoms with Crippen LogP contribution in [0, 0.1) is 0 Å². The first-order valence-electron chi connectivity index (χ1n) is 10.0. The summed E-state index contributed by atoms with van der Waals surface area (Å²) in [7, 11) is 2.18. The minimum atomic E-state index is 0. The van der Waals surface area contributed by atoms with Gasteiger partial charge in [0.2, 0.25) is 5.95 Å².